The molecule has 2 heterocycles. The molecule has 0 amide bonds. The third-order valence-corrected chi connectivity index (χ3v) is 3.97. The van der Waals surface area contributed by atoms with Crippen LogP contribution in [0.25, 0.3) is 0 Å². The summed E-state index contributed by atoms with van der Waals surface area (Å²) >= 11 is 0. The third kappa shape index (κ3) is 4.74. The molecule has 0 unspecified atom stereocenters. The Hall–Kier alpha value is -1.98. The van der Waals surface area contributed by atoms with Crippen molar-refractivity contribution >= 4 is 5.95 Å². The molecule has 1 N–H and O–H groups in total. The molecule has 122 valence electrons. The van der Waals surface area contributed by atoms with E-state index in [1.54, 1.807) is 0 Å². The summed E-state index contributed by atoms with van der Waals surface area (Å²) in [6.45, 7) is 9.44. The van der Waals surface area contributed by atoms with E-state index in [2.05, 4.69) is 44.5 Å². The molecule has 0 radical (unpaired) electrons. The van der Waals surface area contributed by atoms with Crippen molar-refractivity contribution in [2.24, 2.45) is 0 Å². The van der Waals surface area contributed by atoms with Crippen molar-refractivity contribution < 1.29 is 4.74 Å². The Kier molecular flexibility index (Phi) is 5.20. The number of benzene rings is 1. The summed E-state index contributed by atoms with van der Waals surface area (Å²) in [6, 6.07) is 10.7. The molecule has 3 rings (SSSR count). The number of ether oxygens (including phenoxy) is 1. The number of nitrogens with one attached hydrogen (secondary N) is 1. The van der Waals surface area contributed by atoms with E-state index in [1.165, 1.54) is 11.1 Å². The first-order valence-electron chi connectivity index (χ1n) is 8.13. The zero-order chi connectivity index (χ0) is 16.1. The van der Waals surface area contributed by atoms with E-state index >= 15 is 0 Å². The minimum atomic E-state index is 0.694. The standard InChI is InChI=1S/C18H24N4O/c1-14-11-15(2)21-18(20-14)19-12-16-3-5-17(6-4-16)13-22-7-9-23-10-8-22/h3-6,11H,7-10,12-13H2,1-2H3,(H,19,20,21). The minimum Gasteiger partial charge on any atom is -0.379 e. The quantitative estimate of drug-likeness (QED) is 0.919. The highest BCUT2D eigenvalue weighted by Crippen LogP contribution is 2.11. The third-order valence-electron chi connectivity index (χ3n) is 3.97. The van der Waals surface area contributed by atoms with Crippen LogP contribution in [0.1, 0.15) is 22.5 Å². The predicted octanol–water partition coefficient (Wildman–Crippen LogP) is 2.54. The molecule has 5 nitrogen and oxygen atoms in total. The summed E-state index contributed by atoms with van der Waals surface area (Å²) < 4.78 is 5.39. The highest BCUT2D eigenvalue weighted by atomic mass is 16.5. The largest absolute Gasteiger partial charge is 0.379 e. The summed E-state index contributed by atoms with van der Waals surface area (Å²) in [6.07, 6.45) is 0. The van der Waals surface area contributed by atoms with Crippen LogP contribution in [0.5, 0.6) is 0 Å². The molecule has 1 aliphatic heterocycles. The average Bonchev–Trinajstić information content (AvgIpc) is 2.54. The van der Waals surface area contributed by atoms with Crippen molar-refractivity contribution in [1.82, 2.24) is 14.9 Å². The van der Waals surface area contributed by atoms with Crippen molar-refractivity contribution in [1.29, 1.82) is 0 Å². The lowest BCUT2D eigenvalue weighted by Gasteiger charge is -2.26. The van der Waals surface area contributed by atoms with Gasteiger partial charge in [0.1, 0.15) is 0 Å². The first-order chi connectivity index (χ1) is 11.2. The SMILES string of the molecule is Cc1cc(C)nc(NCc2ccc(CN3CCOCC3)cc2)n1. The van der Waals surface area contributed by atoms with Gasteiger partial charge >= 0.3 is 0 Å². The zero-order valence-electron chi connectivity index (χ0n) is 13.9. The Bertz CT molecular complexity index is 616. The number of morpholine rings is 1. The number of aryl methyl sites for hydroxylation is 2. The molecule has 1 aromatic heterocycles. The van der Waals surface area contributed by atoms with Crippen molar-refractivity contribution in [3.63, 3.8) is 0 Å². The summed E-state index contributed by atoms with van der Waals surface area (Å²) in [7, 11) is 0. The lowest BCUT2D eigenvalue weighted by Crippen LogP contribution is -2.35. The van der Waals surface area contributed by atoms with Gasteiger partial charge in [-0.3, -0.25) is 4.90 Å². The van der Waals surface area contributed by atoms with Crippen LogP contribution in [0.4, 0.5) is 5.95 Å². The highest BCUT2D eigenvalue weighted by molar-refractivity contribution is 5.31. The molecular formula is C18H24N4O. The van der Waals surface area contributed by atoms with Gasteiger partial charge in [-0.05, 0) is 31.0 Å². The fourth-order valence-electron chi connectivity index (χ4n) is 2.77. The minimum absolute atomic E-state index is 0.694. The van der Waals surface area contributed by atoms with Crippen molar-refractivity contribution in [2.75, 3.05) is 31.6 Å². The lowest BCUT2D eigenvalue weighted by atomic mass is 10.1. The number of anilines is 1. The van der Waals surface area contributed by atoms with Crippen LogP contribution in [-0.4, -0.2) is 41.2 Å². The molecule has 1 aromatic carbocycles. The number of aromatic nitrogens is 2. The van der Waals surface area contributed by atoms with Crippen LogP contribution in [0.15, 0.2) is 30.3 Å². The van der Waals surface area contributed by atoms with Gasteiger partial charge in [0, 0.05) is 37.6 Å². The van der Waals surface area contributed by atoms with Crippen molar-refractivity contribution in [3.05, 3.63) is 52.8 Å². The molecule has 0 saturated carbocycles. The number of rotatable bonds is 5. The highest BCUT2D eigenvalue weighted by Gasteiger charge is 2.10. The van der Waals surface area contributed by atoms with E-state index in [1.807, 2.05) is 19.9 Å². The van der Waals surface area contributed by atoms with Gasteiger partial charge in [0.25, 0.3) is 0 Å². The van der Waals surface area contributed by atoms with E-state index in [0.29, 0.717) is 5.95 Å². The zero-order valence-corrected chi connectivity index (χ0v) is 13.9. The van der Waals surface area contributed by atoms with Gasteiger partial charge in [-0.15, -0.1) is 0 Å². The second kappa shape index (κ2) is 7.53. The molecular weight excluding hydrogens is 288 g/mol. The molecule has 0 spiro atoms. The van der Waals surface area contributed by atoms with Crippen LogP contribution in [0.3, 0.4) is 0 Å². The second-order valence-electron chi connectivity index (χ2n) is 6.03. The molecule has 23 heavy (non-hydrogen) atoms. The maximum absolute atomic E-state index is 5.39. The van der Waals surface area contributed by atoms with Gasteiger partial charge in [-0.1, -0.05) is 24.3 Å². The van der Waals surface area contributed by atoms with Crippen molar-refractivity contribution in [2.45, 2.75) is 26.9 Å². The van der Waals surface area contributed by atoms with Gasteiger partial charge in [0.05, 0.1) is 13.2 Å². The Labute approximate surface area is 137 Å². The fraction of sp³-hybridized carbons (Fsp3) is 0.444. The molecule has 0 aliphatic carbocycles. The molecule has 5 heteroatoms. The van der Waals surface area contributed by atoms with Gasteiger partial charge in [0.15, 0.2) is 0 Å². The number of hydrogen-bond acceptors (Lipinski definition) is 5. The summed E-state index contributed by atoms with van der Waals surface area (Å²) in [4.78, 5) is 11.2. The normalized spacial score (nSPS) is 15.6. The Morgan fingerprint density at radius 3 is 2.26 bits per heavy atom. The van der Waals surface area contributed by atoms with Crippen LogP contribution in [0, 0.1) is 13.8 Å². The van der Waals surface area contributed by atoms with E-state index in [0.717, 1.165) is 50.8 Å². The summed E-state index contributed by atoms with van der Waals surface area (Å²) in [5.41, 5.74) is 4.55. The average molecular weight is 312 g/mol. The van der Waals surface area contributed by atoms with Crippen LogP contribution >= 0.6 is 0 Å². The fourth-order valence-corrected chi connectivity index (χ4v) is 2.77. The summed E-state index contributed by atoms with van der Waals surface area (Å²) in [5, 5.41) is 3.29. The van der Waals surface area contributed by atoms with Crippen LogP contribution < -0.4 is 5.32 Å². The smallest absolute Gasteiger partial charge is 0.223 e. The Balaban J connectivity index is 1.54. The van der Waals surface area contributed by atoms with E-state index in [-0.39, 0.29) is 0 Å². The van der Waals surface area contributed by atoms with Crippen LogP contribution in [0.2, 0.25) is 0 Å². The first-order valence-corrected chi connectivity index (χ1v) is 8.13. The predicted molar refractivity (Wildman–Crippen MR) is 91.4 cm³/mol. The monoisotopic (exact) mass is 312 g/mol. The lowest BCUT2D eigenvalue weighted by molar-refractivity contribution is 0.0342. The Morgan fingerprint density at radius 2 is 1.61 bits per heavy atom. The molecule has 1 aliphatic rings. The topological polar surface area (TPSA) is 50.3 Å². The van der Waals surface area contributed by atoms with E-state index in [4.69, 9.17) is 4.74 Å². The molecule has 1 fully saturated rings. The van der Waals surface area contributed by atoms with Gasteiger partial charge in [0.2, 0.25) is 5.95 Å². The first kappa shape index (κ1) is 15.9. The molecule has 1 saturated heterocycles. The number of hydrogen-bond donors (Lipinski definition) is 1. The second-order valence-corrected chi connectivity index (χ2v) is 6.03. The molecule has 2 aromatic rings. The van der Waals surface area contributed by atoms with Gasteiger partial charge in [-0.25, -0.2) is 9.97 Å². The molecule has 0 bridgehead atoms. The van der Waals surface area contributed by atoms with E-state index < -0.39 is 0 Å². The maximum atomic E-state index is 5.39. The Morgan fingerprint density at radius 1 is 1.00 bits per heavy atom. The summed E-state index contributed by atoms with van der Waals surface area (Å²) in [5.74, 6) is 0.694. The maximum Gasteiger partial charge on any atom is 0.223 e. The number of nitrogens with zero attached hydrogens (tertiary/aromatic N) is 3. The van der Waals surface area contributed by atoms with Gasteiger partial charge in [-0.2, -0.15) is 0 Å². The van der Waals surface area contributed by atoms with E-state index in [9.17, 15) is 0 Å². The van der Waals surface area contributed by atoms with Crippen LogP contribution in [-0.2, 0) is 17.8 Å². The van der Waals surface area contributed by atoms with Crippen molar-refractivity contribution in [3.8, 4) is 0 Å². The molecule has 0 atom stereocenters. The van der Waals surface area contributed by atoms with Gasteiger partial charge < -0.3 is 10.1 Å².